The summed E-state index contributed by atoms with van der Waals surface area (Å²) >= 11 is 0. The van der Waals surface area contributed by atoms with Gasteiger partial charge in [-0.3, -0.25) is 14.2 Å². The van der Waals surface area contributed by atoms with Gasteiger partial charge < -0.3 is 9.84 Å². The molecule has 0 atom stereocenters. The molecule has 6 rings (SSSR count). The van der Waals surface area contributed by atoms with Gasteiger partial charge in [0.15, 0.2) is 0 Å². The Morgan fingerprint density at radius 1 is 1.05 bits per heavy atom. The maximum atomic E-state index is 14.3. The van der Waals surface area contributed by atoms with Crippen molar-refractivity contribution in [2.45, 2.75) is 70.4 Å². The summed E-state index contributed by atoms with van der Waals surface area (Å²) in [4.78, 5) is 30.9. The second kappa shape index (κ2) is 12.4. The lowest BCUT2D eigenvalue weighted by atomic mass is 9.91. The second-order valence-electron chi connectivity index (χ2n) is 11.0. The van der Waals surface area contributed by atoms with Gasteiger partial charge in [-0.15, -0.1) is 0 Å². The predicted molar refractivity (Wildman–Crippen MR) is 160 cm³/mol. The Bertz CT molecular complexity index is 1670. The van der Waals surface area contributed by atoms with E-state index in [1.54, 1.807) is 0 Å². The van der Waals surface area contributed by atoms with Crippen molar-refractivity contribution in [3.63, 3.8) is 0 Å². The molecule has 0 spiro atoms. The lowest BCUT2D eigenvalue weighted by molar-refractivity contribution is -0.119. The molecule has 10 heteroatoms. The van der Waals surface area contributed by atoms with Gasteiger partial charge >= 0.3 is 0 Å². The molecule has 2 N–H and O–H groups in total. The number of hydrogen-bond donors (Lipinski definition) is 2. The Hall–Kier alpha value is -4.15. The third kappa shape index (κ3) is 5.52. The summed E-state index contributed by atoms with van der Waals surface area (Å²) in [7, 11) is 0. The van der Waals surface area contributed by atoms with Crippen molar-refractivity contribution in [1.29, 1.82) is 0 Å². The highest BCUT2D eigenvalue weighted by Gasteiger charge is 2.28. The number of aliphatic hydroxyl groups is 1. The van der Waals surface area contributed by atoms with Crippen molar-refractivity contribution in [2.24, 2.45) is 5.10 Å². The fourth-order valence-electron chi connectivity index (χ4n) is 6.30. The van der Waals surface area contributed by atoms with Crippen molar-refractivity contribution in [2.75, 3.05) is 13.2 Å². The fraction of sp³-hybridized carbons (Fsp3) is 0.406. The van der Waals surface area contributed by atoms with Crippen LogP contribution in [-0.4, -0.2) is 55.2 Å². The highest BCUT2D eigenvalue weighted by molar-refractivity contribution is 6.16. The van der Waals surface area contributed by atoms with Crippen LogP contribution in [0.1, 0.15) is 73.9 Å². The summed E-state index contributed by atoms with van der Waals surface area (Å²) in [6.45, 7) is 2.44. The standard InChI is InChI=1S/C32H36N6O4/c1-2-6-29-27(31(41)37(32-33-20-34-38(29)32)23-10-12-24(13-11-23)42-16-15-39)18-21-9-14-25(22-7-4-3-5-8-22)26(17-21)28-19-30(40)36-35-28/h3-5,7-9,14,17,20,23-24,39H,2,6,10-13,15-16,18-19H2,1H3,(H,36,40). The quantitative estimate of drug-likeness (QED) is 0.300. The number of aliphatic hydroxyl groups excluding tert-OH is 1. The first-order valence-corrected chi connectivity index (χ1v) is 14.8. The maximum absolute atomic E-state index is 14.3. The summed E-state index contributed by atoms with van der Waals surface area (Å²) in [5.74, 6) is 0.451. The number of nitrogens with one attached hydrogen (secondary N) is 1. The van der Waals surface area contributed by atoms with Crippen LogP contribution < -0.4 is 11.0 Å². The van der Waals surface area contributed by atoms with Crippen LogP contribution in [0.3, 0.4) is 0 Å². The minimum atomic E-state index is -0.129. The summed E-state index contributed by atoms with van der Waals surface area (Å²) in [6, 6.07) is 16.2. The molecule has 0 bridgehead atoms. The van der Waals surface area contributed by atoms with E-state index in [1.807, 2.05) is 39.4 Å². The molecule has 1 fully saturated rings. The minimum Gasteiger partial charge on any atom is -0.394 e. The van der Waals surface area contributed by atoms with E-state index >= 15 is 0 Å². The average Bonchev–Trinajstić information content (AvgIpc) is 3.68. The fourth-order valence-corrected chi connectivity index (χ4v) is 6.30. The van der Waals surface area contributed by atoms with E-state index in [4.69, 9.17) is 9.84 Å². The van der Waals surface area contributed by atoms with Crippen LogP contribution in [0.4, 0.5) is 0 Å². The zero-order valence-electron chi connectivity index (χ0n) is 23.8. The molecule has 218 valence electrons. The molecule has 2 aromatic carbocycles. The molecule has 4 aromatic rings. The van der Waals surface area contributed by atoms with Crippen LogP contribution in [0, 0.1) is 0 Å². The van der Waals surface area contributed by atoms with Crippen LogP contribution in [0.15, 0.2) is 64.8 Å². The second-order valence-corrected chi connectivity index (χ2v) is 11.0. The summed E-state index contributed by atoms with van der Waals surface area (Å²) in [5, 5.41) is 18.0. The van der Waals surface area contributed by atoms with E-state index < -0.39 is 0 Å². The van der Waals surface area contributed by atoms with E-state index in [9.17, 15) is 9.59 Å². The van der Waals surface area contributed by atoms with Gasteiger partial charge in [-0.2, -0.15) is 15.2 Å². The Kier molecular flexibility index (Phi) is 8.25. The molecule has 1 aliphatic carbocycles. The Balaban J connectivity index is 1.41. The first-order chi connectivity index (χ1) is 20.6. The summed E-state index contributed by atoms with van der Waals surface area (Å²) < 4.78 is 9.45. The monoisotopic (exact) mass is 568 g/mol. The zero-order chi connectivity index (χ0) is 29.1. The first kappa shape index (κ1) is 28.0. The van der Waals surface area contributed by atoms with Gasteiger partial charge in [0.25, 0.3) is 5.56 Å². The molecular formula is C32H36N6O4. The van der Waals surface area contributed by atoms with Gasteiger partial charge in [-0.1, -0.05) is 55.8 Å². The number of rotatable bonds is 10. The molecular weight excluding hydrogens is 532 g/mol. The summed E-state index contributed by atoms with van der Waals surface area (Å²) in [5.41, 5.74) is 8.74. The predicted octanol–water partition coefficient (Wildman–Crippen LogP) is 3.82. The molecule has 1 aliphatic heterocycles. The Morgan fingerprint density at radius 2 is 1.86 bits per heavy atom. The van der Waals surface area contributed by atoms with Crippen LogP contribution in [0.25, 0.3) is 16.9 Å². The lowest BCUT2D eigenvalue weighted by Gasteiger charge is -2.30. The molecule has 2 aromatic heterocycles. The number of amides is 1. The number of ether oxygens (including phenoxy) is 1. The minimum absolute atomic E-state index is 0.00597. The van der Waals surface area contributed by atoms with E-state index in [2.05, 4.69) is 45.7 Å². The third-order valence-corrected chi connectivity index (χ3v) is 8.27. The zero-order valence-corrected chi connectivity index (χ0v) is 23.8. The molecule has 3 heterocycles. The van der Waals surface area contributed by atoms with Gasteiger partial charge in [0.05, 0.1) is 37.1 Å². The van der Waals surface area contributed by atoms with Gasteiger partial charge in [0.1, 0.15) is 6.33 Å². The van der Waals surface area contributed by atoms with Crippen LogP contribution in [-0.2, 0) is 22.4 Å². The SMILES string of the molecule is CCCc1c(Cc2ccc(-c3ccccc3)c(C3=NNC(=O)C3)c2)c(=O)n(C2CCC(OCCO)CC2)c2ncnn12. The molecule has 1 saturated carbocycles. The van der Waals surface area contributed by atoms with Gasteiger partial charge in [0, 0.05) is 23.6 Å². The molecule has 2 aliphatic rings. The van der Waals surface area contributed by atoms with Crippen LogP contribution >= 0.6 is 0 Å². The number of hydrogen-bond acceptors (Lipinski definition) is 7. The van der Waals surface area contributed by atoms with Crippen molar-refractivity contribution in [3.05, 3.63) is 87.6 Å². The van der Waals surface area contributed by atoms with Gasteiger partial charge in [-0.05, 0) is 54.9 Å². The summed E-state index contributed by atoms with van der Waals surface area (Å²) in [6.07, 6.45) is 7.06. The van der Waals surface area contributed by atoms with Gasteiger partial charge in [0.2, 0.25) is 11.7 Å². The van der Waals surface area contributed by atoms with Crippen molar-refractivity contribution in [1.82, 2.24) is 24.6 Å². The number of hydrazone groups is 1. The van der Waals surface area contributed by atoms with Gasteiger partial charge in [-0.25, -0.2) is 9.94 Å². The molecule has 10 nitrogen and oxygen atoms in total. The molecule has 42 heavy (non-hydrogen) atoms. The number of benzene rings is 2. The molecule has 0 radical (unpaired) electrons. The molecule has 1 amide bonds. The Morgan fingerprint density at radius 3 is 2.57 bits per heavy atom. The van der Waals surface area contributed by atoms with Crippen LogP contribution in [0.5, 0.6) is 0 Å². The van der Waals surface area contributed by atoms with Crippen molar-refractivity contribution < 1.29 is 14.6 Å². The van der Waals surface area contributed by atoms with Crippen LogP contribution in [0.2, 0.25) is 0 Å². The topological polar surface area (TPSA) is 123 Å². The van der Waals surface area contributed by atoms with E-state index in [1.165, 1.54) is 6.33 Å². The largest absolute Gasteiger partial charge is 0.394 e. The molecule has 0 saturated heterocycles. The van der Waals surface area contributed by atoms with Crippen molar-refractivity contribution in [3.8, 4) is 11.1 Å². The number of carbonyl (C=O) groups is 1. The highest BCUT2D eigenvalue weighted by atomic mass is 16.5. The highest BCUT2D eigenvalue weighted by Crippen LogP contribution is 2.32. The van der Waals surface area contributed by atoms with E-state index in [0.29, 0.717) is 30.9 Å². The number of fused-ring (bicyclic) bond motifs is 1. The normalized spacial score (nSPS) is 18.8. The van der Waals surface area contributed by atoms with Crippen molar-refractivity contribution >= 4 is 17.4 Å². The Labute approximate surface area is 244 Å². The van der Waals surface area contributed by atoms with E-state index in [-0.39, 0.29) is 36.6 Å². The average molecular weight is 569 g/mol. The number of aryl methyl sites for hydroxylation is 1. The van der Waals surface area contributed by atoms with E-state index in [0.717, 1.165) is 65.6 Å². The maximum Gasteiger partial charge on any atom is 0.259 e. The smallest absolute Gasteiger partial charge is 0.259 e. The molecule has 0 unspecified atom stereocenters. The number of aromatic nitrogens is 4. The first-order valence-electron chi connectivity index (χ1n) is 14.8. The third-order valence-electron chi connectivity index (χ3n) is 8.27. The lowest BCUT2D eigenvalue weighted by Crippen LogP contribution is -2.35. The number of nitrogens with zero attached hydrogens (tertiary/aromatic N) is 5. The number of carbonyl (C=O) groups excluding carboxylic acids is 1.